The van der Waals surface area contributed by atoms with Gasteiger partial charge in [-0.3, -0.25) is 9.59 Å². The average molecular weight is 424 g/mol. The number of carbonyl (C=O) groups excluding carboxylic acids is 2. The van der Waals surface area contributed by atoms with Crippen molar-refractivity contribution in [2.45, 2.75) is 46.1 Å². The fraction of sp³-hybridized carbons (Fsp3) is 0.360. The van der Waals surface area contributed by atoms with Crippen LogP contribution in [0.1, 0.15) is 54.5 Å². The predicted molar refractivity (Wildman–Crippen MR) is 119 cm³/mol. The lowest BCUT2D eigenvalue weighted by atomic mass is 9.93. The van der Waals surface area contributed by atoms with E-state index < -0.39 is 17.7 Å². The van der Waals surface area contributed by atoms with Crippen LogP contribution in [-0.4, -0.2) is 40.5 Å². The van der Waals surface area contributed by atoms with Crippen LogP contribution in [0.2, 0.25) is 0 Å². The van der Waals surface area contributed by atoms with E-state index in [0.717, 1.165) is 30.4 Å². The molecular formula is C25H29NO5. The summed E-state index contributed by atoms with van der Waals surface area (Å²) in [6.45, 7) is 6.20. The van der Waals surface area contributed by atoms with Crippen molar-refractivity contribution in [3.8, 4) is 11.5 Å². The van der Waals surface area contributed by atoms with Crippen molar-refractivity contribution in [1.29, 1.82) is 0 Å². The van der Waals surface area contributed by atoms with Gasteiger partial charge in [-0.05, 0) is 49.6 Å². The highest BCUT2D eigenvalue weighted by atomic mass is 16.5. The molecule has 164 valence electrons. The zero-order valence-corrected chi connectivity index (χ0v) is 18.4. The number of amides is 1. The third-order valence-electron chi connectivity index (χ3n) is 5.71. The maximum absolute atomic E-state index is 13.1. The van der Waals surface area contributed by atoms with Crippen LogP contribution in [0.25, 0.3) is 5.76 Å². The standard InChI is InChI=1S/C25H29NO5/c1-5-6-7-12-26-22(17-10-11-20(31-4)19(27)14-17)21(24(29)25(26)30)23(28)18-13-15(2)8-9-16(18)3/h8-11,13-14,22,27-28H,5-7,12H2,1-4H3/b23-21+. The molecule has 1 amide bonds. The highest BCUT2D eigenvalue weighted by molar-refractivity contribution is 6.46. The molecule has 1 fully saturated rings. The number of ether oxygens (including phenoxy) is 1. The first-order valence-corrected chi connectivity index (χ1v) is 10.5. The number of carbonyl (C=O) groups is 2. The molecule has 0 radical (unpaired) electrons. The van der Waals surface area contributed by atoms with Gasteiger partial charge in [0.2, 0.25) is 0 Å². The Morgan fingerprint density at radius 1 is 1.10 bits per heavy atom. The molecule has 2 N–H and O–H groups in total. The number of aliphatic hydroxyl groups excluding tert-OH is 1. The first-order chi connectivity index (χ1) is 14.8. The Labute approximate surface area is 182 Å². The second-order valence-electron chi connectivity index (χ2n) is 7.95. The van der Waals surface area contributed by atoms with Gasteiger partial charge in [0.15, 0.2) is 11.5 Å². The normalized spacial score (nSPS) is 17.9. The van der Waals surface area contributed by atoms with Gasteiger partial charge >= 0.3 is 0 Å². The van der Waals surface area contributed by atoms with Crippen LogP contribution >= 0.6 is 0 Å². The van der Waals surface area contributed by atoms with Gasteiger partial charge < -0.3 is 19.8 Å². The van der Waals surface area contributed by atoms with E-state index in [1.165, 1.54) is 18.1 Å². The van der Waals surface area contributed by atoms with E-state index in [0.29, 0.717) is 23.4 Å². The van der Waals surface area contributed by atoms with E-state index in [4.69, 9.17) is 4.74 Å². The van der Waals surface area contributed by atoms with Crippen molar-refractivity contribution in [3.05, 3.63) is 64.2 Å². The minimum Gasteiger partial charge on any atom is -0.507 e. The van der Waals surface area contributed by atoms with Crippen molar-refractivity contribution in [2.75, 3.05) is 13.7 Å². The molecule has 1 unspecified atom stereocenters. The number of nitrogens with zero attached hydrogens (tertiary/aromatic N) is 1. The molecule has 0 saturated carbocycles. The number of rotatable bonds is 7. The molecule has 0 aliphatic carbocycles. The molecule has 3 rings (SSSR count). The summed E-state index contributed by atoms with van der Waals surface area (Å²) in [5.74, 6) is -1.34. The summed E-state index contributed by atoms with van der Waals surface area (Å²) in [7, 11) is 1.45. The number of phenols is 1. The number of methoxy groups -OCH3 is 1. The number of aryl methyl sites for hydroxylation is 2. The third-order valence-corrected chi connectivity index (χ3v) is 5.71. The van der Waals surface area contributed by atoms with Gasteiger partial charge in [-0.15, -0.1) is 0 Å². The summed E-state index contributed by atoms with van der Waals surface area (Å²) in [6.07, 6.45) is 2.63. The maximum atomic E-state index is 13.1. The Morgan fingerprint density at radius 2 is 1.84 bits per heavy atom. The van der Waals surface area contributed by atoms with Crippen LogP contribution in [0.15, 0.2) is 42.0 Å². The van der Waals surface area contributed by atoms with E-state index >= 15 is 0 Å². The molecule has 1 atom stereocenters. The second kappa shape index (κ2) is 9.25. The molecule has 1 saturated heterocycles. The van der Waals surface area contributed by atoms with Gasteiger partial charge in [-0.1, -0.05) is 43.5 Å². The van der Waals surface area contributed by atoms with Crippen molar-refractivity contribution >= 4 is 17.4 Å². The fourth-order valence-corrected chi connectivity index (χ4v) is 4.00. The van der Waals surface area contributed by atoms with Gasteiger partial charge in [0.05, 0.1) is 18.7 Å². The molecule has 6 heteroatoms. The number of phenolic OH excluding ortho intramolecular Hbond substituents is 1. The summed E-state index contributed by atoms with van der Waals surface area (Å²) in [5.41, 5.74) is 2.84. The lowest BCUT2D eigenvalue weighted by molar-refractivity contribution is -0.139. The van der Waals surface area contributed by atoms with Gasteiger partial charge in [-0.25, -0.2) is 0 Å². The van der Waals surface area contributed by atoms with Crippen LogP contribution in [0, 0.1) is 13.8 Å². The quantitative estimate of drug-likeness (QED) is 0.293. The zero-order chi connectivity index (χ0) is 22.7. The summed E-state index contributed by atoms with van der Waals surface area (Å²) in [6, 6.07) is 9.60. The van der Waals surface area contributed by atoms with E-state index in [2.05, 4.69) is 6.92 Å². The van der Waals surface area contributed by atoms with Crippen LogP contribution in [0.4, 0.5) is 0 Å². The van der Waals surface area contributed by atoms with Gasteiger partial charge in [-0.2, -0.15) is 0 Å². The summed E-state index contributed by atoms with van der Waals surface area (Å²) >= 11 is 0. The predicted octanol–water partition coefficient (Wildman–Crippen LogP) is 4.63. The van der Waals surface area contributed by atoms with Crippen LogP contribution in [0.3, 0.4) is 0 Å². The van der Waals surface area contributed by atoms with E-state index in [9.17, 15) is 19.8 Å². The summed E-state index contributed by atoms with van der Waals surface area (Å²) < 4.78 is 5.12. The average Bonchev–Trinajstić information content (AvgIpc) is 3.00. The lowest BCUT2D eigenvalue weighted by Crippen LogP contribution is -2.30. The van der Waals surface area contributed by atoms with Crippen LogP contribution in [0.5, 0.6) is 11.5 Å². The first-order valence-electron chi connectivity index (χ1n) is 10.5. The molecule has 1 aliphatic heterocycles. The molecule has 0 aromatic heterocycles. The Hall–Kier alpha value is -3.28. The van der Waals surface area contributed by atoms with E-state index in [-0.39, 0.29) is 17.1 Å². The molecule has 1 heterocycles. The van der Waals surface area contributed by atoms with Crippen molar-refractivity contribution in [1.82, 2.24) is 4.90 Å². The Kier molecular flexibility index (Phi) is 6.68. The highest BCUT2D eigenvalue weighted by Gasteiger charge is 2.46. The largest absolute Gasteiger partial charge is 0.507 e. The van der Waals surface area contributed by atoms with Gasteiger partial charge in [0, 0.05) is 12.1 Å². The minimum atomic E-state index is -0.784. The van der Waals surface area contributed by atoms with Crippen LogP contribution < -0.4 is 4.74 Å². The smallest absolute Gasteiger partial charge is 0.295 e. The number of unbranched alkanes of at least 4 members (excludes halogenated alkanes) is 2. The number of hydrogen-bond acceptors (Lipinski definition) is 5. The van der Waals surface area contributed by atoms with E-state index in [1.54, 1.807) is 18.2 Å². The number of ketones is 1. The first kappa shape index (κ1) is 22.4. The van der Waals surface area contributed by atoms with Crippen LogP contribution in [-0.2, 0) is 9.59 Å². The number of aromatic hydroxyl groups is 1. The molecule has 2 aromatic rings. The highest BCUT2D eigenvalue weighted by Crippen LogP contribution is 2.42. The molecule has 2 aromatic carbocycles. The van der Waals surface area contributed by atoms with Crippen molar-refractivity contribution in [2.24, 2.45) is 0 Å². The van der Waals surface area contributed by atoms with Crippen molar-refractivity contribution in [3.63, 3.8) is 0 Å². The lowest BCUT2D eigenvalue weighted by Gasteiger charge is -2.26. The summed E-state index contributed by atoms with van der Waals surface area (Å²) in [5, 5.41) is 21.5. The number of aliphatic hydroxyl groups is 1. The number of benzene rings is 2. The summed E-state index contributed by atoms with van der Waals surface area (Å²) in [4.78, 5) is 27.5. The Morgan fingerprint density at radius 3 is 2.48 bits per heavy atom. The second-order valence-corrected chi connectivity index (χ2v) is 7.95. The number of hydrogen-bond donors (Lipinski definition) is 2. The molecule has 0 spiro atoms. The minimum absolute atomic E-state index is 0.0414. The molecular weight excluding hydrogens is 394 g/mol. The topological polar surface area (TPSA) is 87.1 Å². The molecule has 0 bridgehead atoms. The Bertz CT molecular complexity index is 1040. The maximum Gasteiger partial charge on any atom is 0.295 e. The molecule has 6 nitrogen and oxygen atoms in total. The van der Waals surface area contributed by atoms with E-state index in [1.807, 2.05) is 26.0 Å². The van der Waals surface area contributed by atoms with Gasteiger partial charge in [0.1, 0.15) is 5.76 Å². The van der Waals surface area contributed by atoms with Crippen molar-refractivity contribution < 1.29 is 24.5 Å². The monoisotopic (exact) mass is 423 g/mol. The SMILES string of the molecule is CCCCCN1C(=O)C(=O)/C(=C(/O)c2cc(C)ccc2C)C1c1ccc(OC)c(O)c1. The molecule has 1 aliphatic rings. The molecule has 31 heavy (non-hydrogen) atoms. The number of Topliss-reactive ketones (excluding diaryl/α,β-unsaturated/α-hetero) is 1. The number of likely N-dealkylation sites (tertiary alicyclic amines) is 1. The van der Waals surface area contributed by atoms with Gasteiger partial charge in [0.25, 0.3) is 11.7 Å². The Balaban J connectivity index is 2.19. The zero-order valence-electron chi connectivity index (χ0n) is 18.4. The third kappa shape index (κ3) is 4.29. The fourth-order valence-electron chi connectivity index (χ4n) is 4.00.